The summed E-state index contributed by atoms with van der Waals surface area (Å²) in [6.45, 7) is 0. The zero-order valence-electron chi connectivity index (χ0n) is 5.75. The van der Waals surface area contributed by atoms with Crippen molar-refractivity contribution in [2.75, 3.05) is 0 Å². The number of primary amides is 1. The molecule has 58 valence electrons. The molecule has 1 amide bonds. The van der Waals surface area contributed by atoms with Crippen LogP contribution in [-0.4, -0.2) is 10.9 Å². The van der Waals surface area contributed by atoms with Crippen molar-refractivity contribution >= 4 is 21.8 Å². The minimum absolute atomic E-state index is 0.437. The lowest BCUT2D eigenvalue weighted by Gasteiger charge is -1.99. The van der Waals surface area contributed by atoms with E-state index < -0.39 is 5.91 Å². The maximum atomic E-state index is 10.7. The molecule has 0 aromatic carbocycles. The Hall–Kier alpha value is -0.900. The summed E-state index contributed by atoms with van der Waals surface area (Å²) in [6.07, 6.45) is 3.10. The van der Waals surface area contributed by atoms with Crippen molar-refractivity contribution in [3.8, 4) is 0 Å². The van der Waals surface area contributed by atoms with Crippen LogP contribution in [0.5, 0.6) is 0 Å². The number of pyridine rings is 1. The van der Waals surface area contributed by atoms with Crippen molar-refractivity contribution in [1.82, 2.24) is 4.98 Å². The second-order valence-electron chi connectivity index (χ2n) is 2.03. The van der Waals surface area contributed by atoms with Gasteiger partial charge in [-0.1, -0.05) is 15.9 Å². The number of aromatic nitrogens is 1. The fourth-order valence-corrected chi connectivity index (χ4v) is 1.25. The molecule has 0 spiro atoms. The van der Waals surface area contributed by atoms with Gasteiger partial charge >= 0.3 is 0 Å². The molecule has 0 aliphatic rings. The number of alkyl halides is 1. The van der Waals surface area contributed by atoms with Crippen molar-refractivity contribution in [3.05, 3.63) is 29.6 Å². The van der Waals surface area contributed by atoms with Crippen LogP contribution in [0.1, 0.15) is 15.9 Å². The fourth-order valence-electron chi connectivity index (χ4n) is 0.762. The van der Waals surface area contributed by atoms with Crippen molar-refractivity contribution in [2.24, 2.45) is 5.73 Å². The van der Waals surface area contributed by atoms with Crippen LogP contribution in [0.25, 0.3) is 0 Å². The predicted molar refractivity (Wildman–Crippen MR) is 45.4 cm³/mol. The number of halogens is 1. The maximum absolute atomic E-state index is 10.7. The standard InChI is InChI=1S/C7H7BrN2O/c8-3-5-1-2-10-4-6(5)7(9)11/h1-2,4H,3H2,(H2,9,11). The Balaban J connectivity index is 3.12. The lowest BCUT2D eigenvalue weighted by molar-refractivity contribution is 0.0999. The Labute approximate surface area is 72.7 Å². The van der Waals surface area contributed by atoms with Gasteiger partial charge in [-0.25, -0.2) is 0 Å². The van der Waals surface area contributed by atoms with Crippen LogP contribution in [0.3, 0.4) is 0 Å². The van der Waals surface area contributed by atoms with E-state index in [1.807, 2.05) is 0 Å². The van der Waals surface area contributed by atoms with Gasteiger partial charge in [0.1, 0.15) is 0 Å². The van der Waals surface area contributed by atoms with E-state index in [9.17, 15) is 4.79 Å². The van der Waals surface area contributed by atoms with Crippen LogP contribution in [-0.2, 0) is 5.33 Å². The van der Waals surface area contributed by atoms with E-state index in [-0.39, 0.29) is 0 Å². The fraction of sp³-hybridized carbons (Fsp3) is 0.143. The molecule has 0 atom stereocenters. The van der Waals surface area contributed by atoms with Crippen LogP contribution in [0.15, 0.2) is 18.5 Å². The Morgan fingerprint density at radius 3 is 2.91 bits per heavy atom. The Bertz CT molecular complexity index is 275. The zero-order chi connectivity index (χ0) is 8.27. The largest absolute Gasteiger partial charge is 0.366 e. The number of carbonyl (C=O) groups is 1. The summed E-state index contributed by atoms with van der Waals surface area (Å²) in [4.78, 5) is 14.5. The monoisotopic (exact) mass is 214 g/mol. The van der Waals surface area contributed by atoms with Crippen LogP contribution in [0.4, 0.5) is 0 Å². The molecule has 0 fully saturated rings. The maximum Gasteiger partial charge on any atom is 0.250 e. The van der Waals surface area contributed by atoms with E-state index in [0.29, 0.717) is 10.9 Å². The summed E-state index contributed by atoms with van der Waals surface area (Å²) < 4.78 is 0. The number of hydrogen-bond acceptors (Lipinski definition) is 2. The van der Waals surface area contributed by atoms with Crippen LogP contribution < -0.4 is 5.73 Å². The molecule has 11 heavy (non-hydrogen) atoms. The highest BCUT2D eigenvalue weighted by Gasteiger charge is 2.05. The van der Waals surface area contributed by atoms with Crippen molar-refractivity contribution in [1.29, 1.82) is 0 Å². The predicted octanol–water partition coefficient (Wildman–Crippen LogP) is 1.08. The second kappa shape index (κ2) is 3.48. The molecule has 1 aromatic heterocycles. The van der Waals surface area contributed by atoms with E-state index in [4.69, 9.17) is 5.73 Å². The Morgan fingerprint density at radius 2 is 2.45 bits per heavy atom. The lowest BCUT2D eigenvalue weighted by Crippen LogP contribution is -2.13. The van der Waals surface area contributed by atoms with E-state index in [0.717, 1.165) is 5.56 Å². The summed E-state index contributed by atoms with van der Waals surface area (Å²) in [5.41, 5.74) is 6.43. The van der Waals surface area contributed by atoms with Gasteiger partial charge in [-0.3, -0.25) is 9.78 Å². The number of carbonyl (C=O) groups excluding carboxylic acids is 1. The molecular formula is C7H7BrN2O. The molecule has 3 nitrogen and oxygen atoms in total. The molecule has 1 aromatic rings. The van der Waals surface area contributed by atoms with Gasteiger partial charge < -0.3 is 5.73 Å². The average molecular weight is 215 g/mol. The van der Waals surface area contributed by atoms with Gasteiger partial charge in [0, 0.05) is 17.7 Å². The van der Waals surface area contributed by atoms with Gasteiger partial charge in [0.2, 0.25) is 0 Å². The van der Waals surface area contributed by atoms with Crippen molar-refractivity contribution < 1.29 is 4.79 Å². The topological polar surface area (TPSA) is 56.0 Å². The SMILES string of the molecule is NC(=O)c1cnccc1CBr. The Morgan fingerprint density at radius 1 is 1.73 bits per heavy atom. The number of nitrogens with two attached hydrogens (primary N) is 1. The molecule has 0 unspecified atom stereocenters. The van der Waals surface area contributed by atoms with Crippen LogP contribution in [0.2, 0.25) is 0 Å². The number of hydrogen-bond donors (Lipinski definition) is 1. The zero-order valence-corrected chi connectivity index (χ0v) is 7.34. The summed E-state index contributed by atoms with van der Waals surface area (Å²) in [5.74, 6) is -0.437. The molecule has 2 N–H and O–H groups in total. The average Bonchev–Trinajstić information content (AvgIpc) is 2.04. The van der Waals surface area contributed by atoms with Crippen molar-refractivity contribution in [2.45, 2.75) is 5.33 Å². The van der Waals surface area contributed by atoms with E-state index in [2.05, 4.69) is 20.9 Å². The number of rotatable bonds is 2. The highest BCUT2D eigenvalue weighted by atomic mass is 79.9. The minimum atomic E-state index is -0.437. The van der Waals surface area contributed by atoms with Gasteiger partial charge in [-0.05, 0) is 11.6 Å². The first-order valence-corrected chi connectivity index (χ1v) is 4.16. The summed E-state index contributed by atoms with van der Waals surface area (Å²) in [5, 5.41) is 0.619. The Kier molecular flexibility index (Phi) is 2.59. The van der Waals surface area contributed by atoms with Crippen LogP contribution >= 0.6 is 15.9 Å². The molecular weight excluding hydrogens is 208 g/mol. The molecule has 0 saturated carbocycles. The molecule has 1 heterocycles. The summed E-state index contributed by atoms with van der Waals surface area (Å²) in [6, 6.07) is 1.76. The molecule has 0 aliphatic heterocycles. The minimum Gasteiger partial charge on any atom is -0.366 e. The first-order valence-electron chi connectivity index (χ1n) is 3.04. The third-order valence-corrected chi connectivity index (χ3v) is 1.92. The van der Waals surface area contributed by atoms with Gasteiger partial charge in [0.05, 0.1) is 5.56 Å². The van der Waals surface area contributed by atoms with E-state index in [1.165, 1.54) is 6.20 Å². The highest BCUT2D eigenvalue weighted by Crippen LogP contribution is 2.09. The second-order valence-corrected chi connectivity index (χ2v) is 2.59. The van der Waals surface area contributed by atoms with E-state index >= 15 is 0 Å². The molecule has 4 heteroatoms. The normalized spacial score (nSPS) is 9.55. The van der Waals surface area contributed by atoms with Crippen molar-refractivity contribution in [3.63, 3.8) is 0 Å². The smallest absolute Gasteiger partial charge is 0.250 e. The first kappa shape index (κ1) is 8.20. The van der Waals surface area contributed by atoms with Gasteiger partial charge in [0.25, 0.3) is 5.91 Å². The first-order chi connectivity index (χ1) is 5.25. The third kappa shape index (κ3) is 1.77. The molecule has 0 bridgehead atoms. The van der Waals surface area contributed by atoms with Gasteiger partial charge in [-0.15, -0.1) is 0 Å². The molecule has 0 aliphatic carbocycles. The van der Waals surface area contributed by atoms with Gasteiger partial charge in [-0.2, -0.15) is 0 Å². The molecule has 0 radical (unpaired) electrons. The number of nitrogens with zero attached hydrogens (tertiary/aromatic N) is 1. The third-order valence-electron chi connectivity index (χ3n) is 1.32. The summed E-state index contributed by atoms with van der Waals surface area (Å²) in [7, 11) is 0. The van der Waals surface area contributed by atoms with E-state index in [1.54, 1.807) is 12.3 Å². The number of amides is 1. The summed E-state index contributed by atoms with van der Waals surface area (Å²) >= 11 is 3.24. The lowest BCUT2D eigenvalue weighted by atomic mass is 10.1. The molecule has 1 rings (SSSR count). The highest BCUT2D eigenvalue weighted by molar-refractivity contribution is 9.08. The molecule has 0 saturated heterocycles. The van der Waals surface area contributed by atoms with Gasteiger partial charge in [0.15, 0.2) is 0 Å². The van der Waals surface area contributed by atoms with Crippen LogP contribution in [0, 0.1) is 0 Å². The quantitative estimate of drug-likeness (QED) is 0.750.